The fourth-order valence-electron chi connectivity index (χ4n) is 3.34. The standard InChI is InChI=1S/C24H28ClF4N3O4S/c1-15(22(34)30-23(2,3)4)31(13-16-8-6-7-9-19(16)26)21(33)14-32(37(5,35)36)20-12-17(24(27,28)29)10-11-18(20)25/h6-12,15H,13-14H2,1-5H3,(H,30,34)/t15-/m0/s1. The van der Waals surface area contributed by atoms with Gasteiger partial charge in [0.15, 0.2) is 0 Å². The van der Waals surface area contributed by atoms with E-state index in [1.54, 1.807) is 20.8 Å². The molecule has 2 aromatic rings. The van der Waals surface area contributed by atoms with Gasteiger partial charge in [0.1, 0.15) is 18.4 Å². The Morgan fingerprint density at radius 2 is 1.68 bits per heavy atom. The van der Waals surface area contributed by atoms with Gasteiger partial charge in [-0.15, -0.1) is 0 Å². The van der Waals surface area contributed by atoms with Gasteiger partial charge in [-0.3, -0.25) is 13.9 Å². The van der Waals surface area contributed by atoms with Crippen LogP contribution in [-0.4, -0.2) is 49.5 Å². The van der Waals surface area contributed by atoms with Gasteiger partial charge < -0.3 is 10.2 Å². The lowest BCUT2D eigenvalue weighted by molar-refractivity contribution is -0.140. The molecular formula is C24H28ClF4N3O4S. The van der Waals surface area contributed by atoms with Crippen LogP contribution in [0.2, 0.25) is 5.02 Å². The smallest absolute Gasteiger partial charge is 0.350 e. The number of amides is 2. The molecule has 204 valence electrons. The van der Waals surface area contributed by atoms with E-state index in [2.05, 4.69) is 5.32 Å². The number of nitrogens with zero attached hydrogens (tertiary/aromatic N) is 2. The van der Waals surface area contributed by atoms with Crippen LogP contribution in [0.3, 0.4) is 0 Å². The first kappa shape index (κ1) is 30.4. The molecule has 0 aliphatic carbocycles. The summed E-state index contributed by atoms with van der Waals surface area (Å²) in [5.41, 5.74) is -2.36. The number of sulfonamides is 1. The Bertz CT molecular complexity index is 1260. The van der Waals surface area contributed by atoms with Gasteiger partial charge in [-0.05, 0) is 52.0 Å². The van der Waals surface area contributed by atoms with E-state index in [-0.39, 0.29) is 10.6 Å². The molecule has 37 heavy (non-hydrogen) atoms. The highest BCUT2D eigenvalue weighted by Crippen LogP contribution is 2.36. The van der Waals surface area contributed by atoms with Crippen LogP contribution in [0.1, 0.15) is 38.8 Å². The Hall–Kier alpha value is -2.86. The zero-order valence-corrected chi connectivity index (χ0v) is 22.4. The van der Waals surface area contributed by atoms with E-state index in [0.29, 0.717) is 22.7 Å². The molecule has 1 atom stereocenters. The summed E-state index contributed by atoms with van der Waals surface area (Å²) >= 11 is 6.03. The molecule has 0 aliphatic heterocycles. The van der Waals surface area contributed by atoms with Crippen molar-refractivity contribution in [3.63, 3.8) is 0 Å². The first-order valence-corrected chi connectivity index (χ1v) is 13.2. The van der Waals surface area contributed by atoms with Crippen LogP contribution in [0.5, 0.6) is 0 Å². The lowest BCUT2D eigenvalue weighted by atomic mass is 10.1. The molecule has 0 radical (unpaired) electrons. The summed E-state index contributed by atoms with van der Waals surface area (Å²) in [6.07, 6.45) is -4.10. The first-order valence-electron chi connectivity index (χ1n) is 11.0. The van der Waals surface area contributed by atoms with Crippen molar-refractivity contribution in [3.8, 4) is 0 Å². The Kier molecular flexibility index (Phi) is 9.24. The lowest BCUT2D eigenvalue weighted by Crippen LogP contribution is -2.54. The minimum absolute atomic E-state index is 0.0502. The van der Waals surface area contributed by atoms with Gasteiger partial charge in [0.2, 0.25) is 21.8 Å². The highest BCUT2D eigenvalue weighted by Gasteiger charge is 2.35. The second-order valence-electron chi connectivity index (χ2n) is 9.46. The molecule has 0 saturated heterocycles. The molecule has 0 fully saturated rings. The van der Waals surface area contributed by atoms with Gasteiger partial charge >= 0.3 is 6.18 Å². The van der Waals surface area contributed by atoms with Crippen LogP contribution in [-0.2, 0) is 32.3 Å². The summed E-state index contributed by atoms with van der Waals surface area (Å²) in [4.78, 5) is 27.3. The number of hydrogen-bond acceptors (Lipinski definition) is 4. The molecule has 0 bridgehead atoms. The van der Waals surface area contributed by atoms with Gasteiger partial charge in [0.25, 0.3) is 0 Å². The van der Waals surface area contributed by atoms with Crippen molar-refractivity contribution in [2.24, 2.45) is 0 Å². The maximum atomic E-state index is 14.4. The van der Waals surface area contributed by atoms with Crippen molar-refractivity contribution in [2.45, 2.75) is 52.0 Å². The third-order valence-electron chi connectivity index (χ3n) is 5.19. The van der Waals surface area contributed by atoms with E-state index in [1.165, 1.54) is 25.1 Å². The molecule has 2 rings (SSSR count). The molecular weight excluding hydrogens is 538 g/mol. The van der Waals surface area contributed by atoms with E-state index in [0.717, 1.165) is 17.0 Å². The zero-order valence-electron chi connectivity index (χ0n) is 20.9. The van der Waals surface area contributed by atoms with Crippen LogP contribution in [0.4, 0.5) is 23.2 Å². The average Bonchev–Trinajstić information content (AvgIpc) is 2.74. The summed E-state index contributed by atoms with van der Waals surface area (Å²) in [5, 5.41) is 2.36. The Morgan fingerprint density at radius 1 is 1.08 bits per heavy atom. The van der Waals surface area contributed by atoms with Gasteiger partial charge in [0, 0.05) is 17.6 Å². The zero-order chi connectivity index (χ0) is 28.3. The van der Waals surface area contributed by atoms with E-state index >= 15 is 0 Å². The SMILES string of the molecule is C[C@@H](C(=O)NC(C)(C)C)N(Cc1ccccc1F)C(=O)CN(c1cc(C(F)(F)F)ccc1Cl)S(C)(=O)=O. The number of alkyl halides is 3. The number of nitrogens with one attached hydrogen (secondary N) is 1. The minimum Gasteiger partial charge on any atom is -0.350 e. The van der Waals surface area contributed by atoms with Crippen molar-refractivity contribution in [1.29, 1.82) is 0 Å². The van der Waals surface area contributed by atoms with Crippen molar-refractivity contribution in [2.75, 3.05) is 17.1 Å². The van der Waals surface area contributed by atoms with Crippen molar-refractivity contribution in [3.05, 3.63) is 64.4 Å². The number of hydrogen-bond donors (Lipinski definition) is 1. The Balaban J connectivity index is 2.53. The molecule has 2 aromatic carbocycles. The highest BCUT2D eigenvalue weighted by atomic mass is 35.5. The second-order valence-corrected chi connectivity index (χ2v) is 11.8. The third kappa shape index (κ3) is 8.32. The summed E-state index contributed by atoms with van der Waals surface area (Å²) in [5.74, 6) is -2.22. The minimum atomic E-state index is -4.80. The topological polar surface area (TPSA) is 86.8 Å². The molecule has 2 amide bonds. The number of halogens is 5. The monoisotopic (exact) mass is 565 g/mol. The molecule has 13 heteroatoms. The lowest BCUT2D eigenvalue weighted by Gasteiger charge is -2.33. The fraction of sp³-hybridized carbons (Fsp3) is 0.417. The fourth-order valence-corrected chi connectivity index (χ4v) is 4.46. The van der Waals surface area contributed by atoms with Crippen molar-refractivity contribution < 1.29 is 35.6 Å². The number of rotatable bonds is 8. The quantitative estimate of drug-likeness (QED) is 0.474. The molecule has 0 aromatic heterocycles. The molecule has 7 nitrogen and oxygen atoms in total. The number of carbonyl (C=O) groups excluding carboxylic acids is 2. The van der Waals surface area contributed by atoms with Gasteiger partial charge in [-0.25, -0.2) is 12.8 Å². The molecule has 0 unspecified atom stereocenters. The number of carbonyl (C=O) groups is 2. The van der Waals surface area contributed by atoms with E-state index < -0.39 is 69.8 Å². The molecule has 0 saturated carbocycles. The number of benzene rings is 2. The molecule has 0 spiro atoms. The summed E-state index contributed by atoms with van der Waals surface area (Å²) in [6, 6.07) is 6.38. The average molecular weight is 566 g/mol. The predicted octanol–water partition coefficient (Wildman–Crippen LogP) is 4.60. The van der Waals surface area contributed by atoms with Crippen LogP contribution in [0, 0.1) is 5.82 Å². The van der Waals surface area contributed by atoms with E-state index in [4.69, 9.17) is 11.6 Å². The third-order valence-corrected chi connectivity index (χ3v) is 6.63. The first-order chi connectivity index (χ1) is 16.8. The van der Waals surface area contributed by atoms with Gasteiger partial charge in [-0.2, -0.15) is 13.2 Å². The predicted molar refractivity (Wildman–Crippen MR) is 133 cm³/mol. The molecule has 0 heterocycles. The van der Waals surface area contributed by atoms with Crippen LogP contribution >= 0.6 is 11.6 Å². The maximum Gasteiger partial charge on any atom is 0.416 e. The Morgan fingerprint density at radius 3 is 2.19 bits per heavy atom. The second kappa shape index (κ2) is 11.3. The summed E-state index contributed by atoms with van der Waals surface area (Å²) in [7, 11) is -4.33. The van der Waals surface area contributed by atoms with Crippen LogP contribution < -0.4 is 9.62 Å². The highest BCUT2D eigenvalue weighted by molar-refractivity contribution is 7.92. The van der Waals surface area contributed by atoms with Crippen LogP contribution in [0.15, 0.2) is 42.5 Å². The van der Waals surface area contributed by atoms with Crippen molar-refractivity contribution in [1.82, 2.24) is 10.2 Å². The van der Waals surface area contributed by atoms with Gasteiger partial charge in [-0.1, -0.05) is 29.8 Å². The summed E-state index contributed by atoms with van der Waals surface area (Å²) < 4.78 is 79.9. The van der Waals surface area contributed by atoms with Crippen LogP contribution in [0.25, 0.3) is 0 Å². The maximum absolute atomic E-state index is 14.4. The largest absolute Gasteiger partial charge is 0.416 e. The number of anilines is 1. The van der Waals surface area contributed by atoms with Gasteiger partial charge in [0.05, 0.1) is 22.5 Å². The Labute approximate surface area is 218 Å². The van der Waals surface area contributed by atoms with E-state index in [9.17, 15) is 35.6 Å². The van der Waals surface area contributed by atoms with Crippen molar-refractivity contribution >= 4 is 39.1 Å². The summed E-state index contributed by atoms with van der Waals surface area (Å²) in [6.45, 7) is 5.12. The normalized spacial score (nSPS) is 13.1. The van der Waals surface area contributed by atoms with E-state index in [1.807, 2.05) is 0 Å². The molecule has 1 N–H and O–H groups in total. The molecule has 0 aliphatic rings.